The number of hydrogen-bond acceptors (Lipinski definition) is 3. The molecule has 0 saturated heterocycles. The summed E-state index contributed by atoms with van der Waals surface area (Å²) in [6, 6.07) is 8.21. The minimum absolute atomic E-state index is 0.150. The number of ether oxygens (including phenoxy) is 1. The maximum atomic E-state index is 12.5. The first-order chi connectivity index (χ1) is 20.2. The third-order valence-electron chi connectivity index (χ3n) is 8.76. The average Bonchev–Trinajstić information content (AvgIpc) is 3.33. The Morgan fingerprint density at radius 1 is 0.561 bits per heavy atom. The largest absolute Gasteiger partial charge is 0.462 e. The number of benzene rings is 1. The second-order valence-corrected chi connectivity index (χ2v) is 13.6. The van der Waals surface area contributed by atoms with Gasteiger partial charge in [0.05, 0.1) is 6.61 Å². The number of rotatable bonds is 28. The van der Waals surface area contributed by atoms with E-state index in [1.165, 1.54) is 159 Å². The van der Waals surface area contributed by atoms with Crippen molar-refractivity contribution >= 4 is 27.4 Å². The molecule has 0 aliphatic heterocycles. The van der Waals surface area contributed by atoms with Crippen LogP contribution in [0.25, 0.3) is 10.1 Å². The molecule has 41 heavy (non-hydrogen) atoms. The number of thiophene rings is 1. The van der Waals surface area contributed by atoms with Crippen LogP contribution in [0, 0.1) is 6.92 Å². The molecule has 2 rings (SSSR count). The SMILES string of the molecule is CCCCCCCCCCCCCCCCCCCCCCCCCCCCOC(=O)c1sc2ccccc2c1C. The Bertz CT molecular complexity index is 886. The van der Waals surface area contributed by atoms with Crippen molar-refractivity contribution in [1.29, 1.82) is 0 Å². The normalized spacial score (nSPS) is 11.5. The van der Waals surface area contributed by atoms with E-state index in [9.17, 15) is 4.79 Å². The topological polar surface area (TPSA) is 26.3 Å². The summed E-state index contributed by atoms with van der Waals surface area (Å²) in [6.07, 6.45) is 36.5. The molecule has 2 nitrogen and oxygen atoms in total. The van der Waals surface area contributed by atoms with Crippen LogP contribution in [0.2, 0.25) is 0 Å². The van der Waals surface area contributed by atoms with E-state index in [-0.39, 0.29) is 5.97 Å². The van der Waals surface area contributed by atoms with Gasteiger partial charge in [-0.15, -0.1) is 11.3 Å². The van der Waals surface area contributed by atoms with Crippen LogP contribution in [-0.4, -0.2) is 12.6 Å². The summed E-state index contributed by atoms with van der Waals surface area (Å²) in [4.78, 5) is 13.2. The number of unbranched alkanes of at least 4 members (excludes halogenated alkanes) is 25. The Morgan fingerprint density at radius 2 is 0.927 bits per heavy atom. The molecule has 0 radical (unpaired) electrons. The van der Waals surface area contributed by atoms with E-state index in [1.807, 2.05) is 19.1 Å². The maximum absolute atomic E-state index is 12.5. The van der Waals surface area contributed by atoms with Crippen LogP contribution in [-0.2, 0) is 4.74 Å². The standard InChI is InChI=1S/C38H64O2S/c1-3-4-5-6-7-8-9-10-11-12-13-14-15-16-17-18-19-20-21-22-23-24-25-26-27-30-33-40-38(39)37-34(2)35-31-28-29-32-36(35)41-37/h28-29,31-32H,3-27,30,33H2,1-2H3. The highest BCUT2D eigenvalue weighted by molar-refractivity contribution is 7.21. The van der Waals surface area contributed by atoms with Crippen LogP contribution in [0.4, 0.5) is 0 Å². The fourth-order valence-electron chi connectivity index (χ4n) is 6.02. The molecule has 0 amide bonds. The molecule has 0 aliphatic rings. The third-order valence-corrected chi connectivity index (χ3v) is 10.0. The molecular formula is C38H64O2S. The molecule has 0 atom stereocenters. The molecule has 1 aromatic heterocycles. The van der Waals surface area contributed by atoms with Crippen molar-refractivity contribution in [3.8, 4) is 0 Å². The lowest BCUT2D eigenvalue weighted by molar-refractivity contribution is 0.0502. The van der Waals surface area contributed by atoms with E-state index in [0.717, 1.165) is 28.0 Å². The predicted molar refractivity (Wildman–Crippen MR) is 183 cm³/mol. The molecule has 0 N–H and O–H groups in total. The van der Waals surface area contributed by atoms with Crippen LogP contribution in [0.5, 0.6) is 0 Å². The van der Waals surface area contributed by atoms with Crippen LogP contribution in [0.3, 0.4) is 0 Å². The molecule has 0 saturated carbocycles. The Kier molecular flexibility index (Phi) is 22.0. The van der Waals surface area contributed by atoms with Crippen LogP contribution in [0.1, 0.15) is 189 Å². The van der Waals surface area contributed by atoms with E-state index < -0.39 is 0 Å². The van der Waals surface area contributed by atoms with Gasteiger partial charge >= 0.3 is 5.97 Å². The van der Waals surface area contributed by atoms with E-state index in [2.05, 4.69) is 19.1 Å². The number of esters is 1. The first-order valence-corrected chi connectivity index (χ1v) is 18.7. The van der Waals surface area contributed by atoms with Crippen molar-refractivity contribution < 1.29 is 9.53 Å². The summed E-state index contributed by atoms with van der Waals surface area (Å²) in [5, 5.41) is 1.17. The lowest BCUT2D eigenvalue weighted by Crippen LogP contribution is -2.05. The van der Waals surface area contributed by atoms with Gasteiger partial charge in [-0.05, 0) is 30.4 Å². The first kappa shape index (κ1) is 35.8. The van der Waals surface area contributed by atoms with Crippen molar-refractivity contribution in [3.05, 3.63) is 34.7 Å². The second-order valence-electron chi connectivity index (χ2n) is 12.5. The summed E-state index contributed by atoms with van der Waals surface area (Å²) in [6.45, 7) is 4.87. The van der Waals surface area contributed by atoms with Gasteiger partial charge in [0.15, 0.2) is 0 Å². The van der Waals surface area contributed by atoms with Crippen molar-refractivity contribution in [2.75, 3.05) is 6.61 Å². The average molecular weight is 585 g/mol. The van der Waals surface area contributed by atoms with Crippen molar-refractivity contribution in [2.24, 2.45) is 0 Å². The Morgan fingerprint density at radius 3 is 1.32 bits per heavy atom. The Hall–Kier alpha value is -1.35. The quantitative estimate of drug-likeness (QED) is 0.0734. The number of aryl methyl sites for hydroxylation is 1. The smallest absolute Gasteiger partial charge is 0.348 e. The van der Waals surface area contributed by atoms with Crippen LogP contribution < -0.4 is 0 Å². The van der Waals surface area contributed by atoms with Gasteiger partial charge < -0.3 is 4.74 Å². The molecule has 0 aliphatic carbocycles. The van der Waals surface area contributed by atoms with Crippen molar-refractivity contribution in [2.45, 2.75) is 181 Å². The fourth-order valence-corrected chi connectivity index (χ4v) is 7.12. The van der Waals surface area contributed by atoms with Gasteiger partial charge in [-0.3, -0.25) is 0 Å². The summed E-state index contributed by atoms with van der Waals surface area (Å²) < 4.78 is 6.73. The summed E-state index contributed by atoms with van der Waals surface area (Å²) >= 11 is 1.55. The summed E-state index contributed by atoms with van der Waals surface area (Å²) in [5.41, 5.74) is 1.06. The van der Waals surface area contributed by atoms with Gasteiger partial charge in [0.1, 0.15) is 4.88 Å². The molecule has 0 bridgehead atoms. The number of fused-ring (bicyclic) bond motifs is 1. The molecule has 234 valence electrons. The van der Waals surface area contributed by atoms with Gasteiger partial charge in [0, 0.05) is 4.70 Å². The van der Waals surface area contributed by atoms with E-state index in [4.69, 9.17) is 4.74 Å². The number of carbonyl (C=O) groups is 1. The second kappa shape index (κ2) is 25.2. The van der Waals surface area contributed by atoms with Crippen molar-refractivity contribution in [3.63, 3.8) is 0 Å². The molecule has 1 aromatic carbocycles. The highest BCUT2D eigenvalue weighted by Gasteiger charge is 2.16. The summed E-state index contributed by atoms with van der Waals surface area (Å²) in [5.74, 6) is -0.150. The van der Waals surface area contributed by atoms with E-state index >= 15 is 0 Å². The zero-order valence-electron chi connectivity index (χ0n) is 27.1. The van der Waals surface area contributed by atoms with E-state index in [1.54, 1.807) is 11.3 Å². The monoisotopic (exact) mass is 584 g/mol. The molecule has 0 fully saturated rings. The van der Waals surface area contributed by atoms with Gasteiger partial charge in [-0.1, -0.05) is 186 Å². The molecule has 0 unspecified atom stereocenters. The predicted octanol–water partition coefficient (Wildman–Crippen LogP) is 13.5. The Labute approximate surface area is 258 Å². The first-order valence-electron chi connectivity index (χ1n) is 17.9. The van der Waals surface area contributed by atoms with Crippen LogP contribution in [0.15, 0.2) is 24.3 Å². The number of carbonyl (C=O) groups excluding carboxylic acids is 1. The number of hydrogen-bond donors (Lipinski definition) is 0. The summed E-state index contributed by atoms with van der Waals surface area (Å²) in [7, 11) is 0. The lowest BCUT2D eigenvalue weighted by Gasteiger charge is -2.05. The lowest BCUT2D eigenvalue weighted by atomic mass is 10.0. The van der Waals surface area contributed by atoms with Gasteiger partial charge in [0.2, 0.25) is 0 Å². The zero-order chi connectivity index (χ0) is 29.2. The fraction of sp³-hybridized carbons (Fsp3) is 0.763. The van der Waals surface area contributed by atoms with Crippen LogP contribution >= 0.6 is 11.3 Å². The maximum Gasteiger partial charge on any atom is 0.348 e. The zero-order valence-corrected chi connectivity index (χ0v) is 27.9. The minimum atomic E-state index is -0.150. The molecule has 1 heterocycles. The van der Waals surface area contributed by atoms with Gasteiger partial charge in [-0.2, -0.15) is 0 Å². The van der Waals surface area contributed by atoms with Gasteiger partial charge in [-0.25, -0.2) is 4.79 Å². The molecule has 2 aromatic rings. The molecule has 0 spiro atoms. The third kappa shape index (κ3) is 17.4. The highest BCUT2D eigenvalue weighted by Crippen LogP contribution is 2.31. The highest BCUT2D eigenvalue weighted by atomic mass is 32.1. The minimum Gasteiger partial charge on any atom is -0.462 e. The molecular weight excluding hydrogens is 520 g/mol. The molecule has 3 heteroatoms. The van der Waals surface area contributed by atoms with E-state index in [0.29, 0.717) is 6.61 Å². The Balaban J connectivity index is 1.24. The van der Waals surface area contributed by atoms with Gasteiger partial charge in [0.25, 0.3) is 0 Å². The van der Waals surface area contributed by atoms with Crippen molar-refractivity contribution in [1.82, 2.24) is 0 Å².